The largest absolute Gasteiger partial charge is 0.334 e. The van der Waals surface area contributed by atoms with Crippen molar-refractivity contribution in [2.45, 2.75) is 33.2 Å². The third-order valence-electron chi connectivity index (χ3n) is 4.94. The number of amides is 2. The summed E-state index contributed by atoms with van der Waals surface area (Å²) in [6.45, 7) is 7.26. The molecule has 1 atom stereocenters. The minimum atomic E-state index is -0.0746. The van der Waals surface area contributed by atoms with Gasteiger partial charge in [-0.1, -0.05) is 31.2 Å². The maximum atomic E-state index is 12.6. The number of carbonyl (C=O) groups is 1. The number of pyridine rings is 1. The van der Waals surface area contributed by atoms with Gasteiger partial charge in [0.1, 0.15) is 0 Å². The van der Waals surface area contributed by atoms with Crippen molar-refractivity contribution >= 4 is 11.7 Å². The minimum absolute atomic E-state index is 0.0746. The van der Waals surface area contributed by atoms with Crippen LogP contribution < -0.4 is 10.2 Å². The quantitative estimate of drug-likeness (QED) is 0.773. The van der Waals surface area contributed by atoms with Crippen LogP contribution in [0.25, 0.3) is 5.82 Å². The van der Waals surface area contributed by atoms with Gasteiger partial charge in [0.2, 0.25) is 0 Å². The van der Waals surface area contributed by atoms with Crippen LogP contribution in [0.5, 0.6) is 0 Å². The Morgan fingerprint density at radius 1 is 1.22 bits per heavy atom. The highest BCUT2D eigenvalue weighted by atomic mass is 16.2. The highest BCUT2D eigenvalue weighted by molar-refractivity contribution is 5.94. The first-order valence-corrected chi connectivity index (χ1v) is 9.16. The SMILES string of the molecule is Cc1cc(C)n(-c2ccc(CNC(=O)N3CC(C)c4ccccc43)cn2)n1. The van der Waals surface area contributed by atoms with Crippen LogP contribution in [0, 0.1) is 13.8 Å². The zero-order chi connectivity index (χ0) is 19.0. The van der Waals surface area contributed by atoms with Crippen LogP contribution in [0.1, 0.15) is 35.4 Å². The molecule has 1 N–H and O–H groups in total. The van der Waals surface area contributed by atoms with Crippen molar-refractivity contribution in [3.05, 3.63) is 71.2 Å². The number of aryl methyl sites for hydroxylation is 2. The monoisotopic (exact) mass is 361 g/mol. The molecule has 0 radical (unpaired) electrons. The second-order valence-corrected chi connectivity index (χ2v) is 7.09. The highest BCUT2D eigenvalue weighted by Crippen LogP contribution is 2.35. The molecule has 27 heavy (non-hydrogen) atoms. The van der Waals surface area contributed by atoms with Gasteiger partial charge in [0.25, 0.3) is 0 Å². The lowest BCUT2D eigenvalue weighted by molar-refractivity contribution is 0.246. The number of hydrogen-bond acceptors (Lipinski definition) is 3. The second kappa shape index (κ2) is 6.87. The summed E-state index contributed by atoms with van der Waals surface area (Å²) in [6.07, 6.45) is 1.78. The summed E-state index contributed by atoms with van der Waals surface area (Å²) in [4.78, 5) is 18.9. The van der Waals surface area contributed by atoms with Gasteiger partial charge in [-0.15, -0.1) is 0 Å². The van der Waals surface area contributed by atoms with Crippen LogP contribution in [-0.4, -0.2) is 27.3 Å². The molecule has 0 saturated heterocycles. The van der Waals surface area contributed by atoms with Crippen LogP contribution in [0.3, 0.4) is 0 Å². The first kappa shape index (κ1) is 17.3. The average Bonchev–Trinajstić information content (AvgIpc) is 3.19. The lowest BCUT2D eigenvalue weighted by Crippen LogP contribution is -2.38. The van der Waals surface area contributed by atoms with Crippen LogP contribution in [-0.2, 0) is 6.54 Å². The van der Waals surface area contributed by atoms with E-state index in [0.717, 1.165) is 28.5 Å². The van der Waals surface area contributed by atoms with E-state index in [4.69, 9.17) is 0 Å². The Hall–Kier alpha value is -3.15. The summed E-state index contributed by atoms with van der Waals surface area (Å²) in [5.41, 5.74) is 5.19. The lowest BCUT2D eigenvalue weighted by atomic mass is 10.0. The molecule has 4 rings (SSSR count). The molecule has 2 amide bonds. The van der Waals surface area contributed by atoms with E-state index in [2.05, 4.69) is 28.4 Å². The standard InChI is InChI=1S/C21H23N5O/c1-14-13-25(19-7-5-4-6-18(14)19)21(27)23-12-17-8-9-20(22-11-17)26-16(3)10-15(2)24-26/h4-11,14H,12-13H2,1-3H3,(H,23,27). The van der Waals surface area contributed by atoms with Gasteiger partial charge in [0.15, 0.2) is 5.82 Å². The Labute approximate surface area is 158 Å². The molecule has 138 valence electrons. The van der Waals surface area contributed by atoms with E-state index < -0.39 is 0 Å². The van der Waals surface area contributed by atoms with Crippen molar-refractivity contribution in [1.82, 2.24) is 20.1 Å². The maximum Gasteiger partial charge on any atom is 0.322 e. The number of fused-ring (bicyclic) bond motifs is 1. The van der Waals surface area contributed by atoms with Crippen molar-refractivity contribution in [1.29, 1.82) is 0 Å². The molecule has 3 heterocycles. The summed E-state index contributed by atoms with van der Waals surface area (Å²) in [6, 6.07) is 13.9. The van der Waals surface area contributed by atoms with Gasteiger partial charge in [-0.05, 0) is 43.2 Å². The van der Waals surface area contributed by atoms with Gasteiger partial charge in [0, 0.05) is 36.6 Å². The number of benzene rings is 1. The Morgan fingerprint density at radius 3 is 2.74 bits per heavy atom. The number of para-hydroxylation sites is 1. The number of aromatic nitrogens is 3. The van der Waals surface area contributed by atoms with Gasteiger partial charge in [-0.2, -0.15) is 5.10 Å². The van der Waals surface area contributed by atoms with E-state index in [1.54, 1.807) is 6.20 Å². The molecule has 0 spiro atoms. The van der Waals surface area contributed by atoms with Gasteiger partial charge < -0.3 is 5.32 Å². The van der Waals surface area contributed by atoms with Crippen molar-refractivity contribution in [2.24, 2.45) is 0 Å². The zero-order valence-electron chi connectivity index (χ0n) is 15.8. The second-order valence-electron chi connectivity index (χ2n) is 7.09. The Morgan fingerprint density at radius 2 is 2.04 bits per heavy atom. The molecular weight excluding hydrogens is 338 g/mol. The number of anilines is 1. The van der Waals surface area contributed by atoms with E-state index in [1.807, 2.05) is 59.8 Å². The number of nitrogens with one attached hydrogen (secondary N) is 1. The molecule has 2 aromatic heterocycles. The number of carbonyl (C=O) groups excluding carboxylic acids is 1. The minimum Gasteiger partial charge on any atom is -0.334 e. The number of hydrogen-bond donors (Lipinski definition) is 1. The molecular formula is C21H23N5O. The first-order chi connectivity index (χ1) is 13.0. The van der Waals surface area contributed by atoms with E-state index in [-0.39, 0.29) is 6.03 Å². The zero-order valence-corrected chi connectivity index (χ0v) is 15.8. The van der Waals surface area contributed by atoms with E-state index in [9.17, 15) is 4.79 Å². The molecule has 3 aromatic rings. The summed E-state index contributed by atoms with van der Waals surface area (Å²) in [7, 11) is 0. The molecule has 0 bridgehead atoms. The summed E-state index contributed by atoms with van der Waals surface area (Å²) < 4.78 is 1.82. The van der Waals surface area contributed by atoms with Gasteiger partial charge in [-0.25, -0.2) is 14.5 Å². The Kier molecular flexibility index (Phi) is 4.39. The number of urea groups is 1. The third kappa shape index (κ3) is 3.30. The van der Waals surface area contributed by atoms with Gasteiger partial charge >= 0.3 is 6.03 Å². The van der Waals surface area contributed by atoms with Crippen molar-refractivity contribution in [3.8, 4) is 5.82 Å². The van der Waals surface area contributed by atoms with E-state index >= 15 is 0 Å². The molecule has 0 aliphatic carbocycles. The van der Waals surface area contributed by atoms with Crippen LogP contribution in [0.4, 0.5) is 10.5 Å². The number of rotatable bonds is 3. The van der Waals surface area contributed by atoms with Crippen molar-refractivity contribution < 1.29 is 4.79 Å². The average molecular weight is 361 g/mol. The summed E-state index contributed by atoms with van der Waals surface area (Å²) in [5, 5.41) is 7.44. The lowest BCUT2D eigenvalue weighted by Gasteiger charge is -2.18. The molecule has 6 heteroatoms. The molecule has 1 unspecified atom stereocenters. The third-order valence-corrected chi connectivity index (χ3v) is 4.94. The van der Waals surface area contributed by atoms with Crippen LogP contribution in [0.2, 0.25) is 0 Å². The Balaban J connectivity index is 1.42. The van der Waals surface area contributed by atoms with Crippen molar-refractivity contribution in [3.63, 3.8) is 0 Å². The van der Waals surface area contributed by atoms with Crippen LogP contribution >= 0.6 is 0 Å². The fourth-order valence-corrected chi connectivity index (χ4v) is 3.59. The van der Waals surface area contributed by atoms with Gasteiger partial charge in [-0.3, -0.25) is 4.90 Å². The molecule has 1 aliphatic rings. The predicted octanol–water partition coefficient (Wildman–Crippen LogP) is 3.72. The van der Waals surface area contributed by atoms with Gasteiger partial charge in [0.05, 0.1) is 5.69 Å². The molecule has 1 aromatic carbocycles. The molecule has 0 fully saturated rings. The van der Waals surface area contributed by atoms with E-state index in [0.29, 0.717) is 19.0 Å². The van der Waals surface area contributed by atoms with E-state index in [1.165, 1.54) is 5.56 Å². The fourth-order valence-electron chi connectivity index (χ4n) is 3.59. The summed E-state index contributed by atoms with van der Waals surface area (Å²) >= 11 is 0. The fraction of sp³-hybridized carbons (Fsp3) is 0.286. The predicted molar refractivity (Wildman–Crippen MR) is 105 cm³/mol. The topological polar surface area (TPSA) is 63.1 Å². The molecule has 1 aliphatic heterocycles. The van der Waals surface area contributed by atoms with Crippen LogP contribution in [0.15, 0.2) is 48.7 Å². The highest BCUT2D eigenvalue weighted by Gasteiger charge is 2.29. The smallest absolute Gasteiger partial charge is 0.322 e. The number of nitrogens with zero attached hydrogens (tertiary/aromatic N) is 4. The van der Waals surface area contributed by atoms with Crippen molar-refractivity contribution in [2.75, 3.05) is 11.4 Å². The first-order valence-electron chi connectivity index (χ1n) is 9.16. The molecule has 0 saturated carbocycles. The summed E-state index contributed by atoms with van der Waals surface area (Å²) in [5.74, 6) is 1.13. The molecule has 6 nitrogen and oxygen atoms in total. The Bertz CT molecular complexity index is 976. The normalized spacial score (nSPS) is 15.7. The maximum absolute atomic E-state index is 12.6.